The number of ether oxygens (including phenoxy) is 3. The maximum absolute atomic E-state index is 10.7. The van der Waals surface area contributed by atoms with Crippen LogP contribution < -0.4 is 10.2 Å². The lowest BCUT2D eigenvalue weighted by atomic mass is 10.1. The molecule has 1 aliphatic rings. The van der Waals surface area contributed by atoms with Gasteiger partial charge in [0.25, 0.3) is 0 Å². The molecule has 0 heterocycles. The Morgan fingerprint density at radius 2 is 2.04 bits per heavy atom. The predicted octanol–water partition coefficient (Wildman–Crippen LogP) is 2.82. The first-order valence-electron chi connectivity index (χ1n) is 7.38. The monoisotopic (exact) mass is 332 g/mol. The first kappa shape index (κ1) is 17.6. The summed E-state index contributed by atoms with van der Waals surface area (Å²) in [5.41, 5.74) is 4.24. The van der Waals surface area contributed by atoms with Crippen molar-refractivity contribution < 1.29 is 23.9 Å². The number of carbonyl (C=O) groups is 1. The average Bonchev–Trinajstić information content (AvgIpc) is 2.60. The number of benzene rings is 1. The Morgan fingerprint density at radius 1 is 1.25 bits per heavy atom. The highest BCUT2D eigenvalue weighted by atomic mass is 16.8. The molecule has 1 aliphatic carbocycles. The Bertz CT molecular complexity index is 635. The molecule has 0 fully saturated rings. The fraction of sp³-hybridized carbons (Fsp3) is 0.294. The molecule has 128 valence electrons. The van der Waals surface area contributed by atoms with E-state index in [4.69, 9.17) is 19.1 Å². The second-order valence-corrected chi connectivity index (χ2v) is 4.96. The lowest BCUT2D eigenvalue weighted by Gasteiger charge is -2.10. The molecule has 0 aliphatic heterocycles. The number of methoxy groups -OCH3 is 1. The van der Waals surface area contributed by atoms with E-state index in [2.05, 4.69) is 10.6 Å². The summed E-state index contributed by atoms with van der Waals surface area (Å²) in [6.45, 7) is 1.55. The van der Waals surface area contributed by atoms with Gasteiger partial charge in [-0.1, -0.05) is 5.16 Å². The highest BCUT2D eigenvalue weighted by molar-refractivity contribution is 5.97. The summed E-state index contributed by atoms with van der Waals surface area (Å²) >= 11 is 0. The Morgan fingerprint density at radius 3 is 2.67 bits per heavy atom. The van der Waals surface area contributed by atoms with Crippen molar-refractivity contribution in [3.63, 3.8) is 0 Å². The fourth-order valence-electron chi connectivity index (χ4n) is 1.78. The van der Waals surface area contributed by atoms with Gasteiger partial charge in [-0.05, 0) is 49.4 Å². The van der Waals surface area contributed by atoms with Crippen LogP contribution in [0.25, 0.3) is 0 Å². The third-order valence-corrected chi connectivity index (χ3v) is 2.98. The van der Waals surface area contributed by atoms with Gasteiger partial charge in [-0.25, -0.2) is 0 Å². The fourth-order valence-corrected chi connectivity index (χ4v) is 1.78. The van der Waals surface area contributed by atoms with Crippen molar-refractivity contribution in [1.29, 1.82) is 0 Å². The van der Waals surface area contributed by atoms with Gasteiger partial charge < -0.3 is 14.2 Å². The maximum atomic E-state index is 10.7. The van der Waals surface area contributed by atoms with Gasteiger partial charge in [0.15, 0.2) is 12.6 Å². The molecule has 7 heteroatoms. The molecule has 0 atom stereocenters. The van der Waals surface area contributed by atoms with Crippen molar-refractivity contribution in [1.82, 2.24) is 0 Å². The standard InChI is InChI=1S/C17H20N2O5/c1-13(20)11-22-12-23-17-9-5-15(6-10-17)19-24-18-14-3-7-16(21-2)8-4-14/h3-5,7-10,18H,6,11-12H2,1-2H3. The SMILES string of the molecule is COc1ccc(NON=C2C=CC(OCOCC(C)=O)=CC2)cc1. The van der Waals surface area contributed by atoms with E-state index < -0.39 is 0 Å². The van der Waals surface area contributed by atoms with Gasteiger partial charge in [0, 0.05) is 6.42 Å². The molecule has 7 nitrogen and oxygen atoms in total. The van der Waals surface area contributed by atoms with Crippen molar-refractivity contribution in [2.45, 2.75) is 13.3 Å². The summed E-state index contributed by atoms with van der Waals surface area (Å²) in [5, 5.41) is 3.99. The average molecular weight is 332 g/mol. The number of allylic oxidation sites excluding steroid dienone is 3. The van der Waals surface area contributed by atoms with Gasteiger partial charge in [-0.2, -0.15) is 5.48 Å². The zero-order valence-electron chi connectivity index (χ0n) is 13.7. The summed E-state index contributed by atoms with van der Waals surface area (Å²) in [6, 6.07) is 7.28. The molecule has 0 radical (unpaired) electrons. The minimum Gasteiger partial charge on any atom is -0.497 e. The van der Waals surface area contributed by atoms with E-state index in [1.165, 1.54) is 6.92 Å². The molecule has 0 amide bonds. The van der Waals surface area contributed by atoms with Crippen LogP contribution in [-0.2, 0) is 19.2 Å². The summed E-state index contributed by atoms with van der Waals surface area (Å²) in [6.07, 6.45) is 5.97. The number of hydrogen-bond acceptors (Lipinski definition) is 7. The second-order valence-electron chi connectivity index (χ2n) is 4.96. The number of Topliss-reactive ketones (excluding diaryl/α,β-unsaturated/α-hetero) is 1. The molecule has 24 heavy (non-hydrogen) atoms. The molecule has 1 aromatic rings. The molecule has 1 N–H and O–H groups in total. The van der Waals surface area contributed by atoms with E-state index in [-0.39, 0.29) is 19.2 Å². The predicted molar refractivity (Wildman–Crippen MR) is 89.6 cm³/mol. The van der Waals surface area contributed by atoms with E-state index in [1.807, 2.05) is 30.3 Å². The van der Waals surface area contributed by atoms with Gasteiger partial charge in [-0.15, -0.1) is 0 Å². The lowest BCUT2D eigenvalue weighted by molar-refractivity contribution is -0.125. The molecule has 0 saturated heterocycles. The van der Waals surface area contributed by atoms with Crippen molar-refractivity contribution in [2.24, 2.45) is 5.16 Å². The summed E-state index contributed by atoms with van der Waals surface area (Å²) in [4.78, 5) is 15.8. The maximum Gasteiger partial charge on any atom is 0.189 e. The lowest BCUT2D eigenvalue weighted by Crippen LogP contribution is -2.08. The summed E-state index contributed by atoms with van der Waals surface area (Å²) < 4.78 is 15.5. The van der Waals surface area contributed by atoms with E-state index in [0.717, 1.165) is 17.1 Å². The number of nitrogens with zero attached hydrogens (tertiary/aromatic N) is 1. The molecule has 0 unspecified atom stereocenters. The van der Waals surface area contributed by atoms with Gasteiger partial charge >= 0.3 is 0 Å². The number of hydrogen-bond donors (Lipinski definition) is 1. The van der Waals surface area contributed by atoms with Crippen LogP contribution >= 0.6 is 0 Å². The van der Waals surface area contributed by atoms with E-state index in [9.17, 15) is 4.79 Å². The molecule has 2 rings (SSSR count). The first-order valence-corrected chi connectivity index (χ1v) is 7.38. The number of oxime groups is 1. The van der Waals surface area contributed by atoms with Crippen LogP contribution in [0.15, 0.2) is 53.4 Å². The van der Waals surface area contributed by atoms with Crippen LogP contribution in [0, 0.1) is 0 Å². The normalized spacial score (nSPS) is 14.9. The first-order chi connectivity index (χ1) is 11.7. The van der Waals surface area contributed by atoms with Crippen LogP contribution in [0.5, 0.6) is 5.75 Å². The Kier molecular flexibility index (Phi) is 6.85. The van der Waals surface area contributed by atoms with Gasteiger partial charge in [0.1, 0.15) is 18.1 Å². The molecule has 0 spiro atoms. The van der Waals surface area contributed by atoms with Gasteiger partial charge in [0.05, 0.1) is 18.5 Å². The topological polar surface area (TPSA) is 78.4 Å². The zero-order chi connectivity index (χ0) is 17.2. The largest absolute Gasteiger partial charge is 0.497 e. The van der Waals surface area contributed by atoms with E-state index in [0.29, 0.717) is 12.2 Å². The highest BCUT2D eigenvalue weighted by Crippen LogP contribution is 2.15. The number of rotatable bonds is 9. The van der Waals surface area contributed by atoms with E-state index >= 15 is 0 Å². The second kappa shape index (κ2) is 9.36. The summed E-state index contributed by atoms with van der Waals surface area (Å²) in [7, 11) is 1.61. The minimum absolute atomic E-state index is 0.0392. The smallest absolute Gasteiger partial charge is 0.189 e. The number of carbonyl (C=O) groups excluding carboxylic acids is 1. The summed E-state index contributed by atoms with van der Waals surface area (Å²) in [5.74, 6) is 1.40. The zero-order valence-corrected chi connectivity index (χ0v) is 13.7. The molecule has 0 bridgehead atoms. The van der Waals surface area contributed by atoms with Gasteiger partial charge in [-0.3, -0.25) is 9.73 Å². The van der Waals surface area contributed by atoms with Crippen LogP contribution in [0.3, 0.4) is 0 Å². The molecule has 0 aromatic heterocycles. The highest BCUT2D eigenvalue weighted by Gasteiger charge is 2.04. The molecular formula is C17H20N2O5. The van der Waals surface area contributed by atoms with Crippen molar-refractivity contribution in [2.75, 3.05) is 26.0 Å². The quantitative estimate of drug-likeness (QED) is 0.426. The van der Waals surface area contributed by atoms with Crippen molar-refractivity contribution in [3.8, 4) is 5.75 Å². The Balaban J connectivity index is 1.70. The van der Waals surface area contributed by atoms with Crippen LogP contribution in [0.1, 0.15) is 13.3 Å². The van der Waals surface area contributed by atoms with Crippen LogP contribution in [0.4, 0.5) is 5.69 Å². The Labute approximate surface area is 140 Å². The van der Waals surface area contributed by atoms with Crippen LogP contribution in [-0.4, -0.2) is 32.0 Å². The molecule has 1 aromatic carbocycles. The van der Waals surface area contributed by atoms with Crippen molar-refractivity contribution in [3.05, 3.63) is 48.3 Å². The van der Waals surface area contributed by atoms with E-state index in [1.54, 1.807) is 19.3 Å². The Hall–Kier alpha value is -2.80. The number of ketones is 1. The third kappa shape index (κ3) is 6.13. The minimum atomic E-state index is -0.0392. The van der Waals surface area contributed by atoms with Crippen LogP contribution in [0.2, 0.25) is 0 Å². The third-order valence-electron chi connectivity index (χ3n) is 2.98. The molecule has 0 saturated carbocycles. The van der Waals surface area contributed by atoms with Crippen molar-refractivity contribution >= 4 is 17.2 Å². The molecular weight excluding hydrogens is 312 g/mol. The van der Waals surface area contributed by atoms with Gasteiger partial charge in [0.2, 0.25) is 0 Å². The number of anilines is 1. The number of nitrogens with one attached hydrogen (secondary N) is 1.